The summed E-state index contributed by atoms with van der Waals surface area (Å²) >= 11 is 0. The molecule has 42 heavy (non-hydrogen) atoms. The van der Waals surface area contributed by atoms with E-state index >= 15 is 0 Å². The highest BCUT2D eigenvalue weighted by Crippen LogP contribution is 2.40. The second-order valence-corrected chi connectivity index (χ2v) is 12.6. The van der Waals surface area contributed by atoms with E-state index in [9.17, 15) is 31.2 Å². The molecule has 3 aromatic rings. The van der Waals surface area contributed by atoms with Gasteiger partial charge < -0.3 is 9.64 Å². The van der Waals surface area contributed by atoms with Crippen LogP contribution in [0, 0.1) is 0 Å². The summed E-state index contributed by atoms with van der Waals surface area (Å²) in [5, 5.41) is 0. The molecule has 2 aliphatic heterocycles. The van der Waals surface area contributed by atoms with Gasteiger partial charge in [0.2, 0.25) is 10.0 Å². The number of anilines is 1. The highest BCUT2D eigenvalue weighted by Gasteiger charge is 2.52. The average Bonchev–Trinajstić information content (AvgIpc) is 3.13. The third-order valence-corrected chi connectivity index (χ3v) is 9.58. The van der Waals surface area contributed by atoms with Crippen molar-refractivity contribution in [2.75, 3.05) is 31.2 Å². The van der Waals surface area contributed by atoms with E-state index in [2.05, 4.69) is 0 Å². The highest BCUT2D eigenvalue weighted by atomic mass is 32.2. The number of rotatable bonds is 7. The molecule has 0 saturated carbocycles. The van der Waals surface area contributed by atoms with Crippen molar-refractivity contribution < 1.29 is 35.9 Å². The molecule has 0 atom stereocenters. The number of hydrogen-bond donors (Lipinski definition) is 0. The van der Waals surface area contributed by atoms with Gasteiger partial charge in [0.15, 0.2) is 0 Å². The zero-order valence-corrected chi connectivity index (χ0v) is 23.9. The largest absolute Gasteiger partial charge is 0.417 e. The number of sulfonamides is 1. The van der Waals surface area contributed by atoms with E-state index in [1.165, 1.54) is 18.7 Å². The van der Waals surface area contributed by atoms with Gasteiger partial charge in [-0.2, -0.15) is 17.5 Å². The van der Waals surface area contributed by atoms with Gasteiger partial charge in [0.05, 0.1) is 29.4 Å². The van der Waals surface area contributed by atoms with Crippen LogP contribution in [0.4, 0.5) is 23.7 Å². The van der Waals surface area contributed by atoms with Crippen molar-refractivity contribution in [3.8, 4) is 0 Å². The fraction of sp³-hybridized carbons (Fsp3) is 0.333. The van der Waals surface area contributed by atoms with Crippen molar-refractivity contribution in [3.05, 3.63) is 95.1 Å². The second kappa shape index (κ2) is 11.2. The molecule has 0 aromatic heterocycles. The number of ether oxygens (including phenoxy) is 1. The third-order valence-electron chi connectivity index (χ3n) is 7.62. The monoisotopic (exact) mass is 601 g/mol. The summed E-state index contributed by atoms with van der Waals surface area (Å²) in [5.74, 6) is -0.718. The fourth-order valence-corrected chi connectivity index (χ4v) is 6.83. The van der Waals surface area contributed by atoms with Crippen LogP contribution in [0.5, 0.6) is 0 Å². The first-order valence-corrected chi connectivity index (χ1v) is 14.8. The molecule has 0 spiro atoms. The lowest BCUT2D eigenvalue weighted by molar-refractivity contribution is -0.140. The summed E-state index contributed by atoms with van der Waals surface area (Å²) in [6.07, 6.45) is -4.48. The topological polar surface area (TPSA) is 87.2 Å². The Bertz CT molecular complexity index is 1600. The first kappa shape index (κ1) is 29.7. The zero-order valence-electron chi connectivity index (χ0n) is 23.1. The number of morpholine rings is 1. The lowest BCUT2D eigenvalue weighted by Gasteiger charge is -2.28. The van der Waals surface area contributed by atoms with Crippen LogP contribution in [0.1, 0.15) is 36.1 Å². The molecule has 2 heterocycles. The molecule has 5 rings (SSSR count). The van der Waals surface area contributed by atoms with Gasteiger partial charge in [-0.05, 0) is 55.2 Å². The minimum absolute atomic E-state index is 0.0483. The Morgan fingerprint density at radius 1 is 0.881 bits per heavy atom. The standard InChI is InChI=1S/C30H30F3N3O5S/c1-29(2)27(37)36(28(38)35(29)20-23-11-7-6-10-22(23)18-21-8-4-3-5-9-21)24-12-13-26(25(19-24)30(31,32)33)42(39,40)34-14-16-41-17-15-34/h3-13,19H,14-18,20H2,1-2H3. The first-order valence-electron chi connectivity index (χ1n) is 13.4. The van der Waals surface area contributed by atoms with E-state index in [0.29, 0.717) is 17.4 Å². The molecule has 3 amide bonds. The predicted molar refractivity (Wildman–Crippen MR) is 149 cm³/mol. The Balaban J connectivity index is 1.49. The van der Waals surface area contributed by atoms with Crippen molar-refractivity contribution in [3.63, 3.8) is 0 Å². The number of imide groups is 1. The number of carbonyl (C=O) groups is 2. The minimum Gasteiger partial charge on any atom is -0.379 e. The number of carbonyl (C=O) groups excluding carboxylic acids is 2. The van der Waals surface area contributed by atoms with Gasteiger partial charge in [0.25, 0.3) is 5.91 Å². The van der Waals surface area contributed by atoms with Crippen LogP contribution in [0.2, 0.25) is 0 Å². The van der Waals surface area contributed by atoms with Crippen LogP contribution in [0.25, 0.3) is 0 Å². The zero-order chi connectivity index (χ0) is 30.3. The molecule has 8 nitrogen and oxygen atoms in total. The Morgan fingerprint density at radius 3 is 2.14 bits per heavy atom. The van der Waals surface area contributed by atoms with Gasteiger partial charge in [0.1, 0.15) is 5.54 Å². The molecule has 222 valence electrons. The quantitative estimate of drug-likeness (QED) is 0.353. The number of benzene rings is 3. The molecule has 2 fully saturated rings. The van der Waals surface area contributed by atoms with Crippen molar-refractivity contribution in [2.45, 2.75) is 43.4 Å². The van der Waals surface area contributed by atoms with Gasteiger partial charge >= 0.3 is 12.2 Å². The SMILES string of the molecule is CC1(C)C(=O)N(c2ccc(S(=O)(=O)N3CCOCC3)c(C(F)(F)F)c2)C(=O)N1Cc1ccccc1Cc1ccccc1. The van der Waals surface area contributed by atoms with Crippen molar-refractivity contribution in [1.82, 2.24) is 9.21 Å². The predicted octanol–water partition coefficient (Wildman–Crippen LogP) is 5.06. The molecule has 3 aromatic carbocycles. The minimum atomic E-state index is -5.07. The maximum absolute atomic E-state index is 14.2. The molecule has 0 aliphatic carbocycles. The van der Waals surface area contributed by atoms with Crippen LogP contribution in [0.15, 0.2) is 77.7 Å². The fourth-order valence-electron chi connectivity index (χ4n) is 5.23. The van der Waals surface area contributed by atoms with Crippen molar-refractivity contribution >= 4 is 27.6 Å². The number of nitrogens with zero attached hydrogens (tertiary/aromatic N) is 3. The van der Waals surface area contributed by atoms with E-state index in [0.717, 1.165) is 33.1 Å². The Kier molecular flexibility index (Phi) is 7.90. The maximum Gasteiger partial charge on any atom is 0.417 e. The normalized spacial score (nSPS) is 18.1. The molecule has 0 bridgehead atoms. The summed E-state index contributed by atoms with van der Waals surface area (Å²) in [6, 6.07) is 18.8. The van der Waals surface area contributed by atoms with E-state index in [1.807, 2.05) is 54.6 Å². The van der Waals surface area contributed by atoms with Gasteiger partial charge in [-0.1, -0.05) is 54.6 Å². The third kappa shape index (κ3) is 5.53. The van der Waals surface area contributed by atoms with Crippen molar-refractivity contribution in [2.24, 2.45) is 0 Å². The summed E-state index contributed by atoms with van der Waals surface area (Å²) in [5.41, 5.74) is -0.395. The van der Waals surface area contributed by atoms with Gasteiger partial charge in [-0.15, -0.1) is 0 Å². The number of urea groups is 1. The molecule has 12 heteroatoms. The van der Waals surface area contributed by atoms with Crippen LogP contribution in [0.3, 0.4) is 0 Å². The lowest BCUT2D eigenvalue weighted by atomic mass is 9.97. The number of amides is 3. The van der Waals surface area contributed by atoms with Crippen LogP contribution < -0.4 is 4.90 Å². The second-order valence-electron chi connectivity index (χ2n) is 10.7. The molecule has 0 unspecified atom stereocenters. The molecular weight excluding hydrogens is 571 g/mol. The average molecular weight is 602 g/mol. The van der Waals surface area contributed by atoms with Crippen LogP contribution >= 0.6 is 0 Å². The lowest BCUT2D eigenvalue weighted by Crippen LogP contribution is -2.43. The number of hydrogen-bond acceptors (Lipinski definition) is 5. The Morgan fingerprint density at radius 2 is 1.50 bits per heavy atom. The molecule has 2 aliphatic rings. The van der Waals surface area contributed by atoms with E-state index < -0.39 is 44.1 Å². The highest BCUT2D eigenvalue weighted by molar-refractivity contribution is 7.89. The maximum atomic E-state index is 14.2. The number of halogens is 3. The van der Waals surface area contributed by atoms with Crippen LogP contribution in [-0.2, 0) is 38.7 Å². The summed E-state index contributed by atoms with van der Waals surface area (Å²) in [6.45, 7) is 3.08. The van der Waals surface area contributed by atoms with E-state index in [1.54, 1.807) is 0 Å². The van der Waals surface area contributed by atoms with Gasteiger partial charge in [-0.25, -0.2) is 18.1 Å². The first-order chi connectivity index (χ1) is 19.8. The number of alkyl halides is 3. The smallest absolute Gasteiger partial charge is 0.379 e. The molecular formula is C30H30F3N3O5S. The van der Waals surface area contributed by atoms with Crippen molar-refractivity contribution in [1.29, 1.82) is 0 Å². The van der Waals surface area contributed by atoms with Gasteiger partial charge in [0, 0.05) is 19.6 Å². The Hall–Kier alpha value is -3.74. The molecule has 0 N–H and O–H groups in total. The Labute approximate surface area is 242 Å². The summed E-state index contributed by atoms with van der Waals surface area (Å²) in [4.78, 5) is 28.3. The molecule has 0 radical (unpaired) electrons. The summed E-state index contributed by atoms with van der Waals surface area (Å²) in [7, 11) is -4.51. The van der Waals surface area contributed by atoms with Gasteiger partial charge in [-0.3, -0.25) is 4.79 Å². The van der Waals surface area contributed by atoms with E-state index in [-0.39, 0.29) is 38.5 Å². The van der Waals surface area contributed by atoms with Crippen LogP contribution in [-0.4, -0.2) is 61.4 Å². The summed E-state index contributed by atoms with van der Waals surface area (Å²) < 4.78 is 75.1. The van der Waals surface area contributed by atoms with E-state index in [4.69, 9.17) is 4.74 Å². The molecule has 2 saturated heterocycles.